The molecule has 9 heteroatoms. The summed E-state index contributed by atoms with van der Waals surface area (Å²) in [6, 6.07) is 28.8. The van der Waals surface area contributed by atoms with Crippen molar-refractivity contribution in [3.63, 3.8) is 0 Å². The average molecular weight is 693 g/mol. The van der Waals surface area contributed by atoms with Gasteiger partial charge in [0.15, 0.2) is 0 Å². The normalized spacial score (nSPS) is 17.5. The second kappa shape index (κ2) is 15.7. The SMILES string of the molecule is C=CCC(C(N)=O)C(CC1CCCC1)C(=O)NC1CN(c2ccccc2)c2ccccc2N(Cc2cccc(-c3ccc(F)c(Cl)c3)c2)C1=O. The van der Waals surface area contributed by atoms with Crippen LogP contribution in [-0.4, -0.2) is 30.3 Å². The maximum absolute atomic E-state index is 14.8. The maximum Gasteiger partial charge on any atom is 0.251 e. The molecule has 3 amide bonds. The topological polar surface area (TPSA) is 95.7 Å². The quantitative estimate of drug-likeness (QED) is 0.146. The largest absolute Gasteiger partial charge is 0.369 e. The number of benzene rings is 4. The number of nitrogens with two attached hydrogens (primary N) is 1. The molecule has 1 saturated carbocycles. The molecule has 50 heavy (non-hydrogen) atoms. The third-order valence-corrected chi connectivity index (χ3v) is 10.3. The number of allylic oxidation sites excluding steroid dienone is 1. The van der Waals surface area contributed by atoms with Crippen molar-refractivity contribution in [1.82, 2.24) is 5.32 Å². The molecule has 0 aromatic heterocycles. The van der Waals surface area contributed by atoms with Gasteiger partial charge in [-0.05, 0) is 77.9 Å². The predicted octanol–water partition coefficient (Wildman–Crippen LogP) is 8.19. The molecule has 1 fully saturated rings. The van der Waals surface area contributed by atoms with Crippen LogP contribution < -0.4 is 20.9 Å². The van der Waals surface area contributed by atoms with Crippen LogP contribution in [0.4, 0.5) is 21.5 Å². The highest BCUT2D eigenvalue weighted by molar-refractivity contribution is 6.31. The number of fused-ring (bicyclic) bond motifs is 1. The monoisotopic (exact) mass is 692 g/mol. The lowest BCUT2D eigenvalue weighted by Gasteiger charge is -2.30. The first-order chi connectivity index (χ1) is 24.2. The number of primary amides is 1. The summed E-state index contributed by atoms with van der Waals surface area (Å²) in [6.07, 6.45) is 6.63. The number of rotatable bonds is 12. The number of hydrogen-bond donors (Lipinski definition) is 2. The van der Waals surface area contributed by atoms with E-state index in [1.807, 2.05) is 78.9 Å². The Morgan fingerprint density at radius 3 is 2.32 bits per heavy atom. The van der Waals surface area contributed by atoms with E-state index in [9.17, 15) is 18.8 Å². The molecule has 4 aromatic rings. The molecule has 3 unspecified atom stereocenters. The molecule has 1 heterocycles. The van der Waals surface area contributed by atoms with Gasteiger partial charge in [-0.3, -0.25) is 14.4 Å². The van der Waals surface area contributed by atoms with E-state index in [0.717, 1.165) is 53.7 Å². The highest BCUT2D eigenvalue weighted by Gasteiger charge is 2.39. The van der Waals surface area contributed by atoms with Crippen LogP contribution in [-0.2, 0) is 20.9 Å². The standard InChI is InChI=1S/C41H42ClFN4O3/c1-2-11-32(39(44)48)33(23-27-12-6-7-13-27)40(49)45-36-26-46(31-16-4-3-5-17-31)37-18-8-9-19-38(37)47(41(36)50)25-28-14-10-15-29(22-28)30-20-21-35(43)34(42)24-30/h2-5,8-10,14-22,24,27,32-33,36H,1,6-7,11-13,23,25-26H2,(H2,44,48)(H,45,49). The van der Waals surface area contributed by atoms with Gasteiger partial charge < -0.3 is 20.9 Å². The smallest absolute Gasteiger partial charge is 0.251 e. The van der Waals surface area contributed by atoms with Gasteiger partial charge in [-0.1, -0.05) is 98.0 Å². The highest BCUT2D eigenvalue weighted by atomic mass is 35.5. The highest BCUT2D eigenvalue weighted by Crippen LogP contribution is 2.39. The number of hydrogen-bond acceptors (Lipinski definition) is 4. The zero-order chi connectivity index (χ0) is 35.2. The van der Waals surface area contributed by atoms with Crippen molar-refractivity contribution in [3.05, 3.63) is 126 Å². The third-order valence-electron chi connectivity index (χ3n) is 9.97. The molecule has 1 aliphatic heterocycles. The first-order valence-electron chi connectivity index (χ1n) is 17.2. The molecular formula is C41H42ClFN4O3. The molecule has 0 bridgehead atoms. The van der Waals surface area contributed by atoms with E-state index >= 15 is 0 Å². The Morgan fingerprint density at radius 2 is 1.62 bits per heavy atom. The first-order valence-corrected chi connectivity index (χ1v) is 17.6. The molecule has 3 atom stereocenters. The minimum atomic E-state index is -0.947. The Morgan fingerprint density at radius 1 is 0.920 bits per heavy atom. The number of para-hydroxylation sites is 3. The number of amides is 3. The second-order valence-corrected chi connectivity index (χ2v) is 13.7. The summed E-state index contributed by atoms with van der Waals surface area (Å²) in [5, 5.41) is 3.14. The Kier molecular flexibility index (Phi) is 11.0. The molecule has 258 valence electrons. The van der Waals surface area contributed by atoms with Gasteiger partial charge in [-0.25, -0.2) is 4.39 Å². The van der Waals surface area contributed by atoms with Gasteiger partial charge in [0.2, 0.25) is 11.8 Å². The van der Waals surface area contributed by atoms with Crippen LogP contribution in [0.5, 0.6) is 0 Å². The van der Waals surface area contributed by atoms with Crippen LogP contribution in [0.3, 0.4) is 0 Å². The molecule has 1 aliphatic carbocycles. The van der Waals surface area contributed by atoms with Gasteiger partial charge in [-0.2, -0.15) is 0 Å². The number of nitrogens with zero attached hydrogens (tertiary/aromatic N) is 2. The Labute approximate surface area is 297 Å². The van der Waals surface area contributed by atoms with E-state index in [0.29, 0.717) is 18.0 Å². The summed E-state index contributed by atoms with van der Waals surface area (Å²) in [7, 11) is 0. The van der Waals surface area contributed by atoms with E-state index in [2.05, 4.69) is 16.8 Å². The Balaban J connectivity index is 1.38. The minimum Gasteiger partial charge on any atom is -0.369 e. The van der Waals surface area contributed by atoms with Crippen molar-refractivity contribution in [2.45, 2.75) is 51.1 Å². The molecule has 2 aliphatic rings. The number of halogens is 2. The number of nitrogens with one attached hydrogen (secondary N) is 1. The van der Waals surface area contributed by atoms with Gasteiger partial charge in [0.25, 0.3) is 5.91 Å². The van der Waals surface area contributed by atoms with Gasteiger partial charge >= 0.3 is 0 Å². The summed E-state index contributed by atoms with van der Waals surface area (Å²) < 4.78 is 13.9. The van der Waals surface area contributed by atoms with Crippen molar-refractivity contribution in [3.8, 4) is 11.1 Å². The van der Waals surface area contributed by atoms with Crippen molar-refractivity contribution in [2.24, 2.45) is 23.5 Å². The molecule has 0 spiro atoms. The summed E-state index contributed by atoms with van der Waals surface area (Å²) in [6.45, 7) is 4.20. The summed E-state index contributed by atoms with van der Waals surface area (Å²) >= 11 is 6.10. The van der Waals surface area contributed by atoms with Gasteiger partial charge in [-0.15, -0.1) is 6.58 Å². The zero-order valence-corrected chi connectivity index (χ0v) is 28.7. The van der Waals surface area contributed by atoms with Crippen LogP contribution >= 0.6 is 11.6 Å². The molecule has 3 N–H and O–H groups in total. The van der Waals surface area contributed by atoms with Crippen LogP contribution in [0.1, 0.15) is 44.1 Å². The molecule has 7 nitrogen and oxygen atoms in total. The third kappa shape index (κ3) is 7.76. The zero-order valence-electron chi connectivity index (χ0n) is 27.9. The van der Waals surface area contributed by atoms with Crippen molar-refractivity contribution < 1.29 is 18.8 Å². The van der Waals surface area contributed by atoms with E-state index in [1.165, 1.54) is 6.07 Å². The predicted molar refractivity (Wildman–Crippen MR) is 197 cm³/mol. The summed E-state index contributed by atoms with van der Waals surface area (Å²) in [5.74, 6) is -2.77. The lowest BCUT2D eigenvalue weighted by atomic mass is 9.80. The van der Waals surface area contributed by atoms with Crippen LogP contribution in [0.15, 0.2) is 110 Å². The Hall–Kier alpha value is -4.95. The van der Waals surface area contributed by atoms with E-state index < -0.39 is 29.6 Å². The maximum atomic E-state index is 14.8. The fourth-order valence-electron chi connectivity index (χ4n) is 7.41. The average Bonchev–Trinajstić information content (AvgIpc) is 3.62. The van der Waals surface area contributed by atoms with E-state index in [4.69, 9.17) is 17.3 Å². The van der Waals surface area contributed by atoms with Gasteiger partial charge in [0.1, 0.15) is 11.9 Å². The minimum absolute atomic E-state index is 0.0296. The van der Waals surface area contributed by atoms with Crippen LogP contribution in [0.2, 0.25) is 5.02 Å². The van der Waals surface area contributed by atoms with Crippen molar-refractivity contribution in [1.29, 1.82) is 0 Å². The molecular weight excluding hydrogens is 651 g/mol. The number of anilines is 3. The molecule has 0 saturated heterocycles. The van der Waals surface area contributed by atoms with E-state index in [-0.39, 0.29) is 36.3 Å². The fraction of sp³-hybridized carbons (Fsp3) is 0.293. The van der Waals surface area contributed by atoms with Crippen molar-refractivity contribution in [2.75, 3.05) is 16.3 Å². The van der Waals surface area contributed by atoms with Crippen LogP contribution in [0.25, 0.3) is 11.1 Å². The number of carbonyl (C=O) groups is 3. The summed E-state index contributed by atoms with van der Waals surface area (Å²) in [5.41, 5.74) is 10.7. The molecule has 6 rings (SSSR count). The lowest BCUT2D eigenvalue weighted by Crippen LogP contribution is -2.54. The van der Waals surface area contributed by atoms with Gasteiger partial charge in [0.05, 0.1) is 41.3 Å². The summed E-state index contributed by atoms with van der Waals surface area (Å²) in [4.78, 5) is 45.6. The second-order valence-electron chi connectivity index (χ2n) is 13.3. The van der Waals surface area contributed by atoms with Gasteiger partial charge in [0, 0.05) is 5.69 Å². The first kappa shape index (κ1) is 34.9. The molecule has 0 radical (unpaired) electrons. The van der Waals surface area contributed by atoms with Crippen molar-refractivity contribution >= 4 is 46.4 Å². The fourth-order valence-corrected chi connectivity index (χ4v) is 7.59. The van der Waals surface area contributed by atoms with E-state index in [1.54, 1.807) is 23.1 Å². The number of carbonyl (C=O) groups excluding carboxylic acids is 3. The van der Waals surface area contributed by atoms with Crippen LogP contribution in [0, 0.1) is 23.6 Å². The lowest BCUT2D eigenvalue weighted by molar-refractivity contribution is -0.135. The molecule has 4 aromatic carbocycles. The Bertz CT molecular complexity index is 1860.